The molecular formula is C55H43N. The molecule has 11 rings (SSSR count). The lowest BCUT2D eigenvalue weighted by molar-refractivity contribution is 0.563. The van der Waals surface area contributed by atoms with Crippen LogP contribution in [-0.2, 0) is 16.2 Å². The Morgan fingerprint density at radius 1 is 0.286 bits per heavy atom. The highest BCUT2D eigenvalue weighted by molar-refractivity contribution is 5.92. The maximum Gasteiger partial charge on any atom is 0.0719 e. The molecule has 3 aliphatic carbocycles. The standard InChI is InChI=1S/C55H43N/c1-53(2)46-23-13-15-25-48(46)55(49-26-16-14-24-47(49)53)45-22-12-11-21-41(45)44-31-28-37(34-52(44)55)36-27-30-42-43-32-29-40(35-51(43)54(3,4)50(42)33-36)56(38-17-7-5-8-18-38)39-19-9-6-10-20-39/h5-35H,1-4H3. The van der Waals surface area contributed by atoms with E-state index >= 15 is 0 Å². The molecule has 8 aromatic carbocycles. The van der Waals surface area contributed by atoms with Gasteiger partial charge in [-0.25, -0.2) is 0 Å². The second-order valence-electron chi connectivity index (χ2n) is 16.9. The van der Waals surface area contributed by atoms with E-state index in [9.17, 15) is 0 Å². The van der Waals surface area contributed by atoms with E-state index in [1.807, 2.05) is 0 Å². The summed E-state index contributed by atoms with van der Waals surface area (Å²) in [5.41, 5.74) is 21.7. The van der Waals surface area contributed by atoms with Crippen LogP contribution in [0.15, 0.2) is 188 Å². The van der Waals surface area contributed by atoms with Crippen LogP contribution in [0.1, 0.15) is 72.2 Å². The van der Waals surface area contributed by atoms with Gasteiger partial charge >= 0.3 is 0 Å². The van der Waals surface area contributed by atoms with E-state index in [1.165, 1.54) is 83.6 Å². The Kier molecular flexibility index (Phi) is 6.93. The van der Waals surface area contributed by atoms with Gasteiger partial charge in [0, 0.05) is 27.9 Å². The van der Waals surface area contributed by atoms with Crippen LogP contribution in [0.25, 0.3) is 33.4 Å². The second kappa shape index (κ2) is 11.8. The highest BCUT2D eigenvalue weighted by Gasteiger charge is 2.53. The molecule has 0 aromatic heterocycles. The number of rotatable bonds is 4. The van der Waals surface area contributed by atoms with E-state index in [2.05, 4.69) is 221 Å². The average molecular weight is 718 g/mol. The number of hydrogen-bond donors (Lipinski definition) is 0. The maximum absolute atomic E-state index is 2.52. The molecule has 0 amide bonds. The number of anilines is 3. The molecule has 0 radical (unpaired) electrons. The number of fused-ring (bicyclic) bond motifs is 12. The van der Waals surface area contributed by atoms with Crippen LogP contribution in [0.3, 0.4) is 0 Å². The van der Waals surface area contributed by atoms with E-state index in [1.54, 1.807) is 0 Å². The normalized spacial score (nSPS) is 15.6. The van der Waals surface area contributed by atoms with Crippen molar-refractivity contribution in [2.75, 3.05) is 4.90 Å². The van der Waals surface area contributed by atoms with Crippen LogP contribution in [0.5, 0.6) is 0 Å². The molecule has 0 saturated heterocycles. The summed E-state index contributed by atoms with van der Waals surface area (Å²) in [6.07, 6.45) is 0. The van der Waals surface area contributed by atoms with Crippen molar-refractivity contribution in [1.82, 2.24) is 0 Å². The van der Waals surface area contributed by atoms with Crippen LogP contribution in [0, 0.1) is 0 Å². The van der Waals surface area contributed by atoms with Gasteiger partial charge in [0.25, 0.3) is 0 Å². The molecule has 268 valence electrons. The maximum atomic E-state index is 2.52. The molecule has 0 heterocycles. The first kappa shape index (κ1) is 32.9. The number of nitrogens with zero attached hydrogens (tertiary/aromatic N) is 1. The van der Waals surface area contributed by atoms with Crippen molar-refractivity contribution in [2.45, 2.75) is 43.9 Å². The molecule has 1 spiro atoms. The van der Waals surface area contributed by atoms with Gasteiger partial charge in [0.05, 0.1) is 5.41 Å². The third-order valence-corrected chi connectivity index (χ3v) is 13.3. The molecule has 0 N–H and O–H groups in total. The van der Waals surface area contributed by atoms with Gasteiger partial charge in [-0.2, -0.15) is 0 Å². The van der Waals surface area contributed by atoms with E-state index < -0.39 is 5.41 Å². The summed E-state index contributed by atoms with van der Waals surface area (Å²) < 4.78 is 0. The highest BCUT2D eigenvalue weighted by atomic mass is 15.1. The minimum atomic E-state index is -0.406. The lowest BCUT2D eigenvalue weighted by Gasteiger charge is -2.46. The Hall–Kier alpha value is -6.44. The molecule has 0 saturated carbocycles. The van der Waals surface area contributed by atoms with Gasteiger partial charge in [0.2, 0.25) is 0 Å². The Morgan fingerprint density at radius 2 is 0.679 bits per heavy atom. The van der Waals surface area contributed by atoms with Crippen molar-refractivity contribution in [2.24, 2.45) is 0 Å². The zero-order chi connectivity index (χ0) is 37.8. The Balaban J connectivity index is 1.06. The van der Waals surface area contributed by atoms with Gasteiger partial charge in [-0.1, -0.05) is 167 Å². The van der Waals surface area contributed by atoms with Crippen molar-refractivity contribution >= 4 is 17.1 Å². The monoisotopic (exact) mass is 717 g/mol. The third-order valence-electron chi connectivity index (χ3n) is 13.3. The summed E-state index contributed by atoms with van der Waals surface area (Å²) in [7, 11) is 0. The first-order valence-electron chi connectivity index (χ1n) is 19.9. The molecule has 0 fully saturated rings. The number of para-hydroxylation sites is 2. The molecule has 0 aliphatic heterocycles. The second-order valence-corrected chi connectivity index (χ2v) is 16.9. The average Bonchev–Trinajstić information content (AvgIpc) is 3.66. The number of hydrogen-bond acceptors (Lipinski definition) is 1. The van der Waals surface area contributed by atoms with Crippen LogP contribution in [0.2, 0.25) is 0 Å². The summed E-state index contributed by atoms with van der Waals surface area (Å²) >= 11 is 0. The predicted molar refractivity (Wildman–Crippen MR) is 234 cm³/mol. The smallest absolute Gasteiger partial charge is 0.0719 e. The van der Waals surface area contributed by atoms with Gasteiger partial charge in [-0.15, -0.1) is 0 Å². The fraction of sp³-hybridized carbons (Fsp3) is 0.127. The SMILES string of the molecule is CC1(C)c2cc(-c3ccc4c(c3)C3(c5ccccc5-4)c4ccccc4C(C)(C)c4ccccc43)ccc2-c2ccc(N(c3ccccc3)c3ccccc3)cc21. The summed E-state index contributed by atoms with van der Waals surface area (Å²) in [5.74, 6) is 0. The molecule has 0 bridgehead atoms. The third kappa shape index (κ3) is 4.37. The van der Waals surface area contributed by atoms with E-state index in [0.717, 1.165) is 11.4 Å². The van der Waals surface area contributed by atoms with Gasteiger partial charge in [-0.3, -0.25) is 0 Å². The van der Waals surface area contributed by atoms with Crippen molar-refractivity contribution in [3.8, 4) is 33.4 Å². The topological polar surface area (TPSA) is 3.24 Å². The van der Waals surface area contributed by atoms with Gasteiger partial charge in [0.15, 0.2) is 0 Å². The van der Waals surface area contributed by atoms with Crippen molar-refractivity contribution < 1.29 is 0 Å². The van der Waals surface area contributed by atoms with Crippen molar-refractivity contribution in [3.63, 3.8) is 0 Å². The Bertz CT molecular complexity index is 2770. The predicted octanol–water partition coefficient (Wildman–Crippen LogP) is 14.1. The zero-order valence-electron chi connectivity index (χ0n) is 32.3. The minimum absolute atomic E-state index is 0.118. The summed E-state index contributed by atoms with van der Waals surface area (Å²) in [4.78, 5) is 2.37. The fourth-order valence-corrected chi connectivity index (χ4v) is 10.7. The van der Waals surface area contributed by atoms with Gasteiger partial charge in [-0.05, 0) is 126 Å². The van der Waals surface area contributed by atoms with Gasteiger partial charge in [0.1, 0.15) is 0 Å². The quantitative estimate of drug-likeness (QED) is 0.175. The van der Waals surface area contributed by atoms with Crippen molar-refractivity contribution in [1.29, 1.82) is 0 Å². The lowest BCUT2D eigenvalue weighted by atomic mass is 9.55. The molecule has 0 unspecified atom stereocenters. The van der Waals surface area contributed by atoms with Gasteiger partial charge < -0.3 is 4.90 Å². The molecule has 1 heteroatoms. The van der Waals surface area contributed by atoms with E-state index in [0.29, 0.717) is 0 Å². The molecule has 3 aliphatic rings. The summed E-state index contributed by atoms with van der Waals surface area (Å²) in [5, 5.41) is 0. The fourth-order valence-electron chi connectivity index (χ4n) is 10.7. The molecular weight excluding hydrogens is 675 g/mol. The van der Waals surface area contributed by atoms with E-state index in [-0.39, 0.29) is 10.8 Å². The summed E-state index contributed by atoms with van der Waals surface area (Å²) in [6, 6.07) is 70.5. The minimum Gasteiger partial charge on any atom is -0.310 e. The van der Waals surface area contributed by atoms with E-state index in [4.69, 9.17) is 0 Å². The first-order chi connectivity index (χ1) is 27.3. The number of benzene rings is 8. The van der Waals surface area contributed by atoms with Crippen LogP contribution in [0.4, 0.5) is 17.1 Å². The van der Waals surface area contributed by atoms with Crippen LogP contribution in [-0.4, -0.2) is 0 Å². The largest absolute Gasteiger partial charge is 0.310 e. The molecule has 56 heavy (non-hydrogen) atoms. The molecule has 0 atom stereocenters. The lowest BCUT2D eigenvalue weighted by Crippen LogP contribution is -2.40. The Morgan fingerprint density at radius 3 is 1.25 bits per heavy atom. The Labute approximate surface area is 330 Å². The highest BCUT2D eigenvalue weighted by Crippen LogP contribution is 2.62. The van der Waals surface area contributed by atoms with Crippen LogP contribution < -0.4 is 4.90 Å². The first-order valence-corrected chi connectivity index (χ1v) is 19.9. The molecule has 1 nitrogen and oxygen atoms in total. The molecule has 8 aromatic rings. The van der Waals surface area contributed by atoms with Crippen LogP contribution >= 0.6 is 0 Å². The summed E-state index contributed by atoms with van der Waals surface area (Å²) in [6.45, 7) is 9.58. The van der Waals surface area contributed by atoms with Crippen molar-refractivity contribution in [3.05, 3.63) is 233 Å². The zero-order valence-corrected chi connectivity index (χ0v) is 32.3.